The van der Waals surface area contributed by atoms with Crippen molar-refractivity contribution in [2.75, 3.05) is 19.8 Å². The number of ether oxygens (including phenoxy) is 3. The minimum Gasteiger partial charge on any atom is -0.466 e. The van der Waals surface area contributed by atoms with Crippen molar-refractivity contribution >= 4 is 23.7 Å². The van der Waals surface area contributed by atoms with Gasteiger partial charge in [0.15, 0.2) is 5.60 Å². The summed E-state index contributed by atoms with van der Waals surface area (Å²) < 4.78 is 14.9. The minimum absolute atomic E-state index is 0.118. The molecule has 4 N–H and O–H groups in total. The lowest BCUT2D eigenvalue weighted by atomic mass is 9.95. The zero-order valence-corrected chi connectivity index (χ0v) is 20.6. The van der Waals surface area contributed by atoms with Gasteiger partial charge in [0.2, 0.25) is 0 Å². The van der Waals surface area contributed by atoms with Gasteiger partial charge in [-0.1, -0.05) is 70.4 Å². The molecule has 0 spiro atoms. The van der Waals surface area contributed by atoms with Crippen molar-refractivity contribution in [3.63, 3.8) is 0 Å². The van der Waals surface area contributed by atoms with Gasteiger partial charge in [0.05, 0.1) is 32.7 Å². The van der Waals surface area contributed by atoms with E-state index < -0.39 is 36.4 Å². The van der Waals surface area contributed by atoms with Crippen molar-refractivity contribution in [1.82, 2.24) is 0 Å². The fraction of sp³-hybridized carbons (Fsp3) is 0.600. The molecule has 1 rings (SSSR count). The summed E-state index contributed by atoms with van der Waals surface area (Å²) in [5.74, 6) is -2.37. The number of nitrogen functional groups attached to an aromatic ring is 1. The normalized spacial score (nSPS) is 10.5. The zero-order chi connectivity index (χ0) is 25.8. The highest BCUT2D eigenvalue weighted by Crippen LogP contribution is 2.20. The second-order valence-electron chi connectivity index (χ2n) is 7.80. The smallest absolute Gasteiger partial charge is 0.339 e. The largest absolute Gasteiger partial charge is 0.466 e. The number of carbonyl (C=O) groups is 3. The summed E-state index contributed by atoms with van der Waals surface area (Å²) in [6.45, 7) is 6.35. The third-order valence-corrected chi connectivity index (χ3v) is 4.59. The van der Waals surface area contributed by atoms with Gasteiger partial charge in [0.25, 0.3) is 0 Å². The van der Waals surface area contributed by atoms with Crippen LogP contribution in [-0.4, -0.2) is 54.3 Å². The first kappa shape index (κ1) is 31.1. The lowest BCUT2D eigenvalue weighted by molar-refractivity contribution is -0.178. The first-order chi connectivity index (χ1) is 16.2. The van der Waals surface area contributed by atoms with E-state index in [2.05, 4.69) is 0 Å². The topological polar surface area (TPSA) is 149 Å². The van der Waals surface area contributed by atoms with E-state index in [9.17, 15) is 19.5 Å². The summed E-state index contributed by atoms with van der Waals surface area (Å²) in [4.78, 5) is 35.9. The first-order valence-electron chi connectivity index (χ1n) is 11.8. The molecule has 1 aromatic rings. The van der Waals surface area contributed by atoms with Crippen molar-refractivity contribution in [2.24, 2.45) is 5.73 Å². The third-order valence-electron chi connectivity index (χ3n) is 4.59. The molecule has 192 valence electrons. The number of esters is 3. The summed E-state index contributed by atoms with van der Waals surface area (Å²) in [7, 11) is 0. The van der Waals surface area contributed by atoms with Crippen LogP contribution in [-0.2, 0) is 28.6 Å². The Morgan fingerprint density at radius 3 is 1.59 bits per heavy atom. The Kier molecular flexibility index (Phi) is 16.9. The Balaban J connectivity index is 0.000000999. The average Bonchev–Trinajstić information content (AvgIpc) is 2.80. The van der Waals surface area contributed by atoms with Crippen LogP contribution in [0.25, 0.3) is 0 Å². The Morgan fingerprint density at radius 2 is 1.24 bits per heavy atom. The molecule has 0 bridgehead atoms. The standard InChI is InChI=1S/C18H32O7.C7H8N2/c1-4-7-10-23-15(19)13-18(22,17(21)25-12-9-6-3)14-16(20)24-11-8-5-2;8-7(9)6-4-2-1-3-5-6/h22H,4-14H2,1-3H3;1-5H,(H3,8,9). The molecule has 0 amide bonds. The lowest BCUT2D eigenvalue weighted by Gasteiger charge is -2.24. The van der Waals surface area contributed by atoms with E-state index in [1.807, 2.05) is 51.1 Å². The molecule has 1 aromatic carbocycles. The van der Waals surface area contributed by atoms with Crippen LogP contribution in [0.5, 0.6) is 0 Å². The third kappa shape index (κ3) is 14.3. The summed E-state index contributed by atoms with van der Waals surface area (Å²) in [6.07, 6.45) is 3.23. The van der Waals surface area contributed by atoms with Gasteiger partial charge in [0.1, 0.15) is 5.84 Å². The van der Waals surface area contributed by atoms with E-state index in [1.54, 1.807) is 0 Å². The molecule has 0 aliphatic heterocycles. The summed E-state index contributed by atoms with van der Waals surface area (Å²) in [6, 6.07) is 9.23. The second-order valence-corrected chi connectivity index (χ2v) is 7.80. The number of carbonyl (C=O) groups excluding carboxylic acids is 3. The molecule has 0 radical (unpaired) electrons. The summed E-state index contributed by atoms with van der Waals surface area (Å²) in [5, 5.41) is 17.6. The molecule has 0 aliphatic rings. The molecule has 0 fully saturated rings. The number of unbranched alkanes of at least 4 members (excludes halogenated alkanes) is 3. The van der Waals surface area contributed by atoms with E-state index in [1.165, 1.54) is 0 Å². The van der Waals surface area contributed by atoms with Gasteiger partial charge >= 0.3 is 17.9 Å². The fourth-order valence-electron chi connectivity index (χ4n) is 2.51. The second kappa shape index (κ2) is 18.5. The maximum absolute atomic E-state index is 12.2. The van der Waals surface area contributed by atoms with Crippen molar-refractivity contribution in [3.8, 4) is 0 Å². The SMILES string of the molecule is CCCCOC(=O)CC(O)(CC(=O)OCCCC)C(=O)OCCCC.N=C(N)c1ccccc1. The number of nitrogens with two attached hydrogens (primary N) is 1. The minimum atomic E-state index is -2.26. The Hall–Kier alpha value is -2.94. The molecule has 0 aromatic heterocycles. The summed E-state index contributed by atoms with van der Waals surface area (Å²) >= 11 is 0. The van der Waals surface area contributed by atoms with Gasteiger partial charge in [-0.2, -0.15) is 0 Å². The molecule has 0 heterocycles. The number of hydrogen-bond donors (Lipinski definition) is 3. The molecular weight excluding hydrogens is 440 g/mol. The van der Waals surface area contributed by atoms with Gasteiger partial charge in [-0.3, -0.25) is 15.0 Å². The molecule has 0 saturated heterocycles. The van der Waals surface area contributed by atoms with Gasteiger partial charge in [-0.15, -0.1) is 0 Å². The number of hydrogen-bond acceptors (Lipinski definition) is 8. The van der Waals surface area contributed by atoms with E-state index in [-0.39, 0.29) is 25.7 Å². The van der Waals surface area contributed by atoms with Gasteiger partial charge < -0.3 is 25.1 Å². The van der Waals surface area contributed by atoms with E-state index in [4.69, 9.17) is 25.4 Å². The van der Waals surface area contributed by atoms with Gasteiger partial charge in [-0.05, 0) is 19.3 Å². The van der Waals surface area contributed by atoms with Gasteiger partial charge in [0, 0.05) is 5.56 Å². The molecule has 0 atom stereocenters. The highest BCUT2D eigenvalue weighted by molar-refractivity contribution is 5.94. The number of aliphatic hydroxyl groups is 1. The Bertz CT molecular complexity index is 714. The molecule has 0 aliphatic carbocycles. The summed E-state index contributed by atoms with van der Waals surface area (Å²) in [5.41, 5.74) is 3.71. The maximum atomic E-state index is 12.2. The van der Waals surface area contributed by atoms with Crippen LogP contribution in [0.3, 0.4) is 0 Å². The van der Waals surface area contributed by atoms with Crippen LogP contribution in [0.15, 0.2) is 30.3 Å². The van der Waals surface area contributed by atoms with Crippen LogP contribution < -0.4 is 5.73 Å². The molecular formula is C25H40N2O7. The molecule has 0 unspecified atom stereocenters. The van der Waals surface area contributed by atoms with Crippen molar-refractivity contribution in [2.45, 2.75) is 77.7 Å². The first-order valence-corrected chi connectivity index (χ1v) is 11.8. The van der Waals surface area contributed by atoms with Crippen molar-refractivity contribution in [1.29, 1.82) is 5.41 Å². The monoisotopic (exact) mass is 480 g/mol. The van der Waals surface area contributed by atoms with E-state index in [0.29, 0.717) is 19.3 Å². The maximum Gasteiger partial charge on any atom is 0.339 e. The Morgan fingerprint density at radius 1 is 0.824 bits per heavy atom. The van der Waals surface area contributed by atoms with E-state index in [0.717, 1.165) is 24.8 Å². The lowest BCUT2D eigenvalue weighted by Crippen LogP contribution is -2.45. The molecule has 0 saturated carbocycles. The predicted molar refractivity (Wildman–Crippen MR) is 129 cm³/mol. The molecule has 34 heavy (non-hydrogen) atoms. The Labute approximate surface area is 202 Å². The average molecular weight is 481 g/mol. The van der Waals surface area contributed by atoms with Crippen LogP contribution in [0, 0.1) is 5.41 Å². The predicted octanol–water partition coefficient (Wildman–Crippen LogP) is 3.50. The van der Waals surface area contributed by atoms with Gasteiger partial charge in [-0.25, -0.2) is 4.79 Å². The van der Waals surface area contributed by atoms with Crippen LogP contribution in [0.4, 0.5) is 0 Å². The number of benzene rings is 1. The fourth-order valence-corrected chi connectivity index (χ4v) is 2.51. The number of nitrogens with one attached hydrogen (secondary N) is 1. The highest BCUT2D eigenvalue weighted by Gasteiger charge is 2.43. The highest BCUT2D eigenvalue weighted by atomic mass is 16.6. The van der Waals surface area contributed by atoms with Crippen LogP contribution >= 0.6 is 0 Å². The molecule has 9 heteroatoms. The van der Waals surface area contributed by atoms with Crippen molar-refractivity contribution < 1.29 is 33.7 Å². The van der Waals surface area contributed by atoms with E-state index >= 15 is 0 Å². The number of rotatable bonds is 15. The number of amidine groups is 1. The quantitative estimate of drug-likeness (QED) is 0.113. The van der Waals surface area contributed by atoms with Crippen LogP contribution in [0.2, 0.25) is 0 Å². The van der Waals surface area contributed by atoms with Crippen LogP contribution in [0.1, 0.15) is 77.7 Å². The molecule has 9 nitrogen and oxygen atoms in total. The zero-order valence-electron chi connectivity index (χ0n) is 20.6. The van der Waals surface area contributed by atoms with Crippen molar-refractivity contribution in [3.05, 3.63) is 35.9 Å².